The van der Waals surface area contributed by atoms with Crippen LogP contribution in [-0.4, -0.2) is 23.1 Å². The van der Waals surface area contributed by atoms with Gasteiger partial charge in [-0.1, -0.05) is 49.6 Å². The number of aliphatic hydroxyl groups is 1. The number of hydrogen-bond acceptors (Lipinski definition) is 3. The molecule has 0 fully saturated rings. The lowest BCUT2D eigenvalue weighted by Gasteiger charge is -2.07. The van der Waals surface area contributed by atoms with Gasteiger partial charge in [0.2, 0.25) is 5.78 Å². The Balaban J connectivity index is 2.27. The van der Waals surface area contributed by atoms with E-state index in [9.17, 15) is 9.90 Å². The van der Waals surface area contributed by atoms with E-state index in [1.807, 2.05) is 44.2 Å². The fourth-order valence-corrected chi connectivity index (χ4v) is 1.86. The number of hydrogen-bond donors (Lipinski definition) is 1. The fraction of sp³-hybridized carbons (Fsp3) is 0.500. The number of ketones is 1. The van der Waals surface area contributed by atoms with Crippen molar-refractivity contribution in [3.05, 3.63) is 35.9 Å². The Morgan fingerprint density at radius 1 is 1.29 bits per heavy atom. The van der Waals surface area contributed by atoms with Gasteiger partial charge in [0.05, 0.1) is 12.7 Å². The Labute approximate surface area is 127 Å². The van der Waals surface area contributed by atoms with Crippen molar-refractivity contribution in [3.8, 4) is 11.8 Å². The van der Waals surface area contributed by atoms with Crippen LogP contribution in [0.25, 0.3) is 0 Å². The molecule has 114 valence electrons. The zero-order valence-corrected chi connectivity index (χ0v) is 12.8. The van der Waals surface area contributed by atoms with Gasteiger partial charge in [0.15, 0.2) is 0 Å². The van der Waals surface area contributed by atoms with E-state index in [4.69, 9.17) is 4.74 Å². The van der Waals surface area contributed by atoms with Crippen LogP contribution in [0, 0.1) is 11.8 Å². The molecule has 3 heteroatoms. The summed E-state index contributed by atoms with van der Waals surface area (Å²) in [7, 11) is 0. The van der Waals surface area contributed by atoms with Gasteiger partial charge in [-0.05, 0) is 31.2 Å². The summed E-state index contributed by atoms with van der Waals surface area (Å²) in [6, 6.07) is 9.85. The molecule has 1 aromatic rings. The molecule has 3 nitrogen and oxygen atoms in total. The Morgan fingerprint density at radius 3 is 2.67 bits per heavy atom. The molecule has 0 aliphatic carbocycles. The topological polar surface area (TPSA) is 46.5 Å². The molecule has 1 N–H and O–H groups in total. The van der Waals surface area contributed by atoms with Crippen molar-refractivity contribution in [2.24, 2.45) is 0 Å². The first kappa shape index (κ1) is 17.4. The number of carbonyl (C=O) groups excluding carboxylic acids is 1. The van der Waals surface area contributed by atoms with E-state index in [-0.39, 0.29) is 11.9 Å². The normalized spacial score (nSPS) is 13.1. The Bertz CT molecular complexity index is 470. The molecule has 1 rings (SSSR count). The summed E-state index contributed by atoms with van der Waals surface area (Å²) in [5, 5.41) is 9.56. The summed E-state index contributed by atoms with van der Waals surface area (Å²) in [5.41, 5.74) is 1.08. The zero-order valence-electron chi connectivity index (χ0n) is 12.8. The molecule has 0 saturated heterocycles. The maximum absolute atomic E-state index is 11.6. The first-order chi connectivity index (χ1) is 10.1. The molecule has 0 bridgehead atoms. The third kappa shape index (κ3) is 8.29. The first-order valence-electron chi connectivity index (χ1n) is 7.49. The van der Waals surface area contributed by atoms with E-state index in [0.29, 0.717) is 19.4 Å². The maximum Gasteiger partial charge on any atom is 0.205 e. The summed E-state index contributed by atoms with van der Waals surface area (Å²) in [5.74, 6) is 5.26. The molecular formula is C18H24O3. The molecule has 0 heterocycles. The average molecular weight is 288 g/mol. The number of benzene rings is 1. The zero-order chi connectivity index (χ0) is 15.5. The predicted molar refractivity (Wildman–Crippen MR) is 83.6 cm³/mol. The SMILES string of the molecule is CCCC(O)CCC(=O)C#CC(C)OCc1ccccc1. The molecule has 0 aliphatic heterocycles. The number of ether oxygens (including phenoxy) is 1. The van der Waals surface area contributed by atoms with Crippen molar-refractivity contribution in [3.63, 3.8) is 0 Å². The lowest BCUT2D eigenvalue weighted by molar-refractivity contribution is -0.114. The minimum absolute atomic E-state index is 0.139. The highest BCUT2D eigenvalue weighted by Crippen LogP contribution is 2.05. The van der Waals surface area contributed by atoms with E-state index in [2.05, 4.69) is 11.8 Å². The van der Waals surface area contributed by atoms with Crippen LogP contribution in [0.1, 0.15) is 45.1 Å². The molecule has 0 amide bonds. The number of Topliss-reactive ketones (excluding diaryl/α,β-unsaturated/α-hetero) is 1. The Morgan fingerprint density at radius 2 is 2.00 bits per heavy atom. The highest BCUT2D eigenvalue weighted by Gasteiger charge is 2.06. The molecule has 0 spiro atoms. The third-order valence-corrected chi connectivity index (χ3v) is 3.08. The lowest BCUT2D eigenvalue weighted by Crippen LogP contribution is -2.09. The van der Waals surface area contributed by atoms with Gasteiger partial charge < -0.3 is 9.84 Å². The summed E-state index contributed by atoms with van der Waals surface area (Å²) < 4.78 is 5.57. The van der Waals surface area contributed by atoms with Crippen LogP contribution in [0.15, 0.2) is 30.3 Å². The quantitative estimate of drug-likeness (QED) is 0.590. The van der Waals surface area contributed by atoms with Gasteiger partial charge >= 0.3 is 0 Å². The monoisotopic (exact) mass is 288 g/mol. The van der Waals surface area contributed by atoms with Crippen LogP contribution < -0.4 is 0 Å². The molecule has 0 aliphatic rings. The van der Waals surface area contributed by atoms with Gasteiger partial charge in [-0.3, -0.25) is 4.79 Å². The van der Waals surface area contributed by atoms with Crippen molar-refractivity contribution < 1.29 is 14.6 Å². The summed E-state index contributed by atoms with van der Waals surface area (Å²) in [6.45, 7) is 4.33. The van der Waals surface area contributed by atoms with Crippen molar-refractivity contribution >= 4 is 5.78 Å². The van der Waals surface area contributed by atoms with Crippen LogP contribution in [-0.2, 0) is 16.1 Å². The van der Waals surface area contributed by atoms with Gasteiger partial charge in [-0.15, -0.1) is 0 Å². The second kappa shape index (κ2) is 10.1. The number of rotatable bonds is 8. The Kier molecular flexibility index (Phi) is 8.42. The first-order valence-corrected chi connectivity index (χ1v) is 7.49. The standard InChI is InChI=1S/C18H24O3/c1-3-7-17(19)12-13-18(20)11-10-15(2)21-14-16-8-5-4-6-9-16/h4-6,8-9,15,17,19H,3,7,12-14H2,1-2H3. The molecule has 0 saturated carbocycles. The van der Waals surface area contributed by atoms with Crippen LogP contribution in [0.5, 0.6) is 0 Å². The molecular weight excluding hydrogens is 264 g/mol. The van der Waals surface area contributed by atoms with Crippen molar-refractivity contribution in [1.82, 2.24) is 0 Å². The third-order valence-electron chi connectivity index (χ3n) is 3.08. The van der Waals surface area contributed by atoms with Crippen LogP contribution >= 0.6 is 0 Å². The van der Waals surface area contributed by atoms with Gasteiger partial charge in [-0.25, -0.2) is 0 Å². The predicted octanol–water partition coefficient (Wildman–Crippen LogP) is 3.11. The summed E-state index contributed by atoms with van der Waals surface area (Å²) >= 11 is 0. The van der Waals surface area contributed by atoms with Crippen molar-refractivity contribution in [2.75, 3.05) is 0 Å². The number of aliphatic hydroxyl groups excluding tert-OH is 1. The summed E-state index contributed by atoms with van der Waals surface area (Å²) in [4.78, 5) is 11.6. The van der Waals surface area contributed by atoms with Gasteiger partial charge in [0, 0.05) is 6.42 Å². The highest BCUT2D eigenvalue weighted by molar-refractivity contribution is 5.95. The Hall–Kier alpha value is -1.63. The fourth-order valence-electron chi connectivity index (χ4n) is 1.86. The van der Waals surface area contributed by atoms with E-state index in [1.165, 1.54) is 0 Å². The minimum atomic E-state index is -0.396. The van der Waals surface area contributed by atoms with E-state index in [1.54, 1.807) is 0 Å². The second-order valence-electron chi connectivity index (χ2n) is 5.11. The molecule has 0 radical (unpaired) electrons. The highest BCUT2D eigenvalue weighted by atomic mass is 16.5. The summed E-state index contributed by atoms with van der Waals surface area (Å²) in [6.07, 6.45) is 1.77. The largest absolute Gasteiger partial charge is 0.393 e. The van der Waals surface area contributed by atoms with Crippen molar-refractivity contribution in [1.29, 1.82) is 0 Å². The number of carbonyl (C=O) groups is 1. The molecule has 0 aromatic heterocycles. The minimum Gasteiger partial charge on any atom is -0.393 e. The lowest BCUT2D eigenvalue weighted by atomic mass is 10.1. The molecule has 1 aromatic carbocycles. The van der Waals surface area contributed by atoms with E-state index in [0.717, 1.165) is 18.4 Å². The van der Waals surface area contributed by atoms with E-state index < -0.39 is 6.10 Å². The van der Waals surface area contributed by atoms with Crippen LogP contribution in [0.3, 0.4) is 0 Å². The molecule has 21 heavy (non-hydrogen) atoms. The van der Waals surface area contributed by atoms with Crippen LogP contribution in [0.2, 0.25) is 0 Å². The smallest absolute Gasteiger partial charge is 0.205 e. The van der Waals surface area contributed by atoms with Gasteiger partial charge in [0.1, 0.15) is 6.10 Å². The maximum atomic E-state index is 11.6. The second-order valence-corrected chi connectivity index (χ2v) is 5.11. The average Bonchev–Trinajstić information content (AvgIpc) is 2.50. The van der Waals surface area contributed by atoms with Gasteiger partial charge in [0.25, 0.3) is 0 Å². The van der Waals surface area contributed by atoms with Crippen molar-refractivity contribution in [2.45, 2.75) is 58.3 Å². The van der Waals surface area contributed by atoms with E-state index >= 15 is 0 Å². The van der Waals surface area contributed by atoms with Crippen LogP contribution in [0.4, 0.5) is 0 Å². The van der Waals surface area contributed by atoms with Gasteiger partial charge in [-0.2, -0.15) is 0 Å². The molecule has 2 atom stereocenters. The molecule has 2 unspecified atom stereocenters.